The number of nitrogens with zero attached hydrogens (tertiary/aromatic N) is 2. The van der Waals surface area contributed by atoms with Gasteiger partial charge in [0.1, 0.15) is 0 Å². The van der Waals surface area contributed by atoms with E-state index < -0.39 is 0 Å². The first-order chi connectivity index (χ1) is 9.96. The monoisotopic (exact) mass is 294 g/mol. The maximum Gasteiger partial charge on any atom is 0.315 e. The van der Waals surface area contributed by atoms with Gasteiger partial charge in [-0.15, -0.1) is 5.10 Å². The third kappa shape index (κ3) is 5.65. The van der Waals surface area contributed by atoms with Crippen LogP contribution in [-0.2, 0) is 6.54 Å². The largest absolute Gasteiger partial charge is 0.407 e. The summed E-state index contributed by atoms with van der Waals surface area (Å²) in [6, 6.07) is 0.554. The van der Waals surface area contributed by atoms with Crippen LogP contribution in [0.25, 0.3) is 0 Å². The Morgan fingerprint density at radius 3 is 2.38 bits per heavy atom. The highest BCUT2D eigenvalue weighted by Gasteiger charge is 2.20. The Bertz CT molecular complexity index is 416. The van der Waals surface area contributed by atoms with Gasteiger partial charge in [0.05, 0.1) is 6.54 Å². The summed E-state index contributed by atoms with van der Waals surface area (Å²) in [7, 11) is 0. The molecule has 1 aliphatic rings. The fourth-order valence-corrected chi connectivity index (χ4v) is 2.81. The van der Waals surface area contributed by atoms with Gasteiger partial charge in [0.2, 0.25) is 5.89 Å². The minimum Gasteiger partial charge on any atom is -0.407 e. The second-order valence-electron chi connectivity index (χ2n) is 7.28. The lowest BCUT2D eigenvalue weighted by molar-refractivity contribution is 0.277. The van der Waals surface area contributed by atoms with Crippen molar-refractivity contribution in [2.45, 2.75) is 71.9 Å². The molecular formula is C16H30N4O. The molecule has 0 radical (unpaired) electrons. The molecule has 2 N–H and O–H groups in total. The predicted octanol–water partition coefficient (Wildman–Crippen LogP) is 3.59. The van der Waals surface area contributed by atoms with E-state index in [4.69, 9.17) is 4.42 Å². The van der Waals surface area contributed by atoms with Gasteiger partial charge in [-0.05, 0) is 45.4 Å². The van der Waals surface area contributed by atoms with Gasteiger partial charge >= 0.3 is 6.01 Å². The quantitative estimate of drug-likeness (QED) is 0.839. The van der Waals surface area contributed by atoms with Crippen molar-refractivity contribution in [3.8, 4) is 0 Å². The molecule has 0 saturated heterocycles. The fourth-order valence-electron chi connectivity index (χ4n) is 2.81. The molecule has 1 saturated carbocycles. The van der Waals surface area contributed by atoms with Gasteiger partial charge in [-0.3, -0.25) is 0 Å². The number of hydrogen-bond acceptors (Lipinski definition) is 5. The number of nitrogens with one attached hydrogen (secondary N) is 2. The summed E-state index contributed by atoms with van der Waals surface area (Å²) in [6.07, 6.45) is 6.70. The molecule has 1 aromatic heterocycles. The predicted molar refractivity (Wildman–Crippen MR) is 85.1 cm³/mol. The molecule has 1 aromatic rings. The number of hydrogen-bond donors (Lipinski definition) is 2. The van der Waals surface area contributed by atoms with Crippen LogP contribution in [0.5, 0.6) is 0 Å². The second kappa shape index (κ2) is 7.25. The Morgan fingerprint density at radius 2 is 1.76 bits per heavy atom. The zero-order valence-electron chi connectivity index (χ0n) is 13.9. The Hall–Kier alpha value is -1.10. The van der Waals surface area contributed by atoms with Crippen LogP contribution < -0.4 is 10.6 Å². The van der Waals surface area contributed by atoms with Gasteiger partial charge in [0, 0.05) is 12.1 Å². The van der Waals surface area contributed by atoms with Crippen LogP contribution in [0.15, 0.2) is 4.42 Å². The molecular weight excluding hydrogens is 264 g/mol. The minimum atomic E-state index is 0.0555. The third-order valence-corrected chi connectivity index (χ3v) is 4.32. The summed E-state index contributed by atoms with van der Waals surface area (Å²) in [5.74, 6) is 2.33. The summed E-state index contributed by atoms with van der Waals surface area (Å²) in [6.45, 7) is 10.2. The van der Waals surface area contributed by atoms with Crippen LogP contribution in [0, 0.1) is 11.8 Å². The van der Waals surface area contributed by atoms with Crippen molar-refractivity contribution in [3.63, 3.8) is 0 Å². The van der Waals surface area contributed by atoms with E-state index in [1.807, 2.05) is 0 Å². The van der Waals surface area contributed by atoms with Crippen molar-refractivity contribution in [3.05, 3.63) is 5.89 Å². The molecule has 120 valence electrons. The van der Waals surface area contributed by atoms with E-state index >= 15 is 0 Å². The van der Waals surface area contributed by atoms with Gasteiger partial charge in [0.25, 0.3) is 0 Å². The number of aromatic nitrogens is 2. The van der Waals surface area contributed by atoms with E-state index in [1.165, 1.54) is 32.1 Å². The Morgan fingerprint density at radius 1 is 1.10 bits per heavy atom. The van der Waals surface area contributed by atoms with E-state index in [2.05, 4.69) is 48.5 Å². The van der Waals surface area contributed by atoms with E-state index in [1.54, 1.807) is 0 Å². The molecule has 0 aromatic carbocycles. The highest BCUT2D eigenvalue weighted by atomic mass is 16.4. The van der Waals surface area contributed by atoms with Crippen molar-refractivity contribution in [1.29, 1.82) is 0 Å². The van der Waals surface area contributed by atoms with Crippen LogP contribution in [0.1, 0.15) is 65.7 Å². The minimum absolute atomic E-state index is 0.0555. The molecule has 5 heteroatoms. The lowest BCUT2D eigenvalue weighted by Crippen LogP contribution is -2.35. The Kier molecular flexibility index (Phi) is 5.62. The summed E-state index contributed by atoms with van der Waals surface area (Å²) >= 11 is 0. The SMILES string of the molecule is CCC1CCC(CNc2nnc(CNC(C)(C)C)o2)CC1. The van der Waals surface area contributed by atoms with Crippen molar-refractivity contribution in [2.75, 3.05) is 11.9 Å². The highest BCUT2D eigenvalue weighted by molar-refractivity contribution is 5.17. The highest BCUT2D eigenvalue weighted by Crippen LogP contribution is 2.30. The summed E-state index contributed by atoms with van der Waals surface area (Å²) in [5, 5.41) is 14.8. The first kappa shape index (κ1) is 16.3. The average Bonchev–Trinajstić information content (AvgIpc) is 2.91. The molecule has 1 aliphatic carbocycles. The van der Waals surface area contributed by atoms with Crippen LogP contribution in [0.3, 0.4) is 0 Å². The molecule has 0 atom stereocenters. The lowest BCUT2D eigenvalue weighted by atomic mass is 9.81. The van der Waals surface area contributed by atoms with Crippen molar-refractivity contribution < 1.29 is 4.42 Å². The molecule has 0 spiro atoms. The fraction of sp³-hybridized carbons (Fsp3) is 0.875. The molecule has 5 nitrogen and oxygen atoms in total. The third-order valence-electron chi connectivity index (χ3n) is 4.32. The lowest BCUT2D eigenvalue weighted by Gasteiger charge is -2.27. The second-order valence-corrected chi connectivity index (χ2v) is 7.28. The van der Waals surface area contributed by atoms with Crippen LogP contribution in [-0.4, -0.2) is 22.3 Å². The van der Waals surface area contributed by atoms with E-state index in [0.717, 1.165) is 18.4 Å². The van der Waals surface area contributed by atoms with Gasteiger partial charge < -0.3 is 15.1 Å². The maximum absolute atomic E-state index is 5.62. The zero-order valence-corrected chi connectivity index (χ0v) is 13.9. The van der Waals surface area contributed by atoms with Crippen LogP contribution in [0.2, 0.25) is 0 Å². The molecule has 0 amide bonds. The summed E-state index contributed by atoms with van der Waals surface area (Å²) in [5.41, 5.74) is 0.0555. The van der Waals surface area contributed by atoms with E-state index in [9.17, 15) is 0 Å². The van der Waals surface area contributed by atoms with Crippen molar-refractivity contribution >= 4 is 6.01 Å². The first-order valence-corrected chi connectivity index (χ1v) is 8.27. The number of anilines is 1. The van der Waals surface area contributed by atoms with E-state index in [0.29, 0.717) is 18.5 Å². The molecule has 0 aliphatic heterocycles. The molecule has 21 heavy (non-hydrogen) atoms. The summed E-state index contributed by atoms with van der Waals surface area (Å²) in [4.78, 5) is 0. The molecule has 1 heterocycles. The molecule has 1 fully saturated rings. The normalized spacial score (nSPS) is 23.2. The topological polar surface area (TPSA) is 63.0 Å². The molecule has 0 bridgehead atoms. The van der Waals surface area contributed by atoms with Gasteiger partial charge in [-0.1, -0.05) is 31.3 Å². The van der Waals surface area contributed by atoms with Crippen molar-refractivity contribution in [2.24, 2.45) is 11.8 Å². The number of rotatable bonds is 6. The van der Waals surface area contributed by atoms with Crippen LogP contribution >= 0.6 is 0 Å². The van der Waals surface area contributed by atoms with Crippen LogP contribution in [0.4, 0.5) is 6.01 Å². The molecule has 0 unspecified atom stereocenters. The van der Waals surface area contributed by atoms with Gasteiger partial charge in [-0.25, -0.2) is 0 Å². The maximum atomic E-state index is 5.62. The average molecular weight is 294 g/mol. The summed E-state index contributed by atoms with van der Waals surface area (Å²) < 4.78 is 5.62. The van der Waals surface area contributed by atoms with E-state index in [-0.39, 0.29) is 5.54 Å². The smallest absolute Gasteiger partial charge is 0.315 e. The molecule has 2 rings (SSSR count). The zero-order chi connectivity index (χ0) is 15.3. The van der Waals surface area contributed by atoms with Gasteiger partial charge in [-0.2, -0.15) is 0 Å². The standard InChI is InChI=1S/C16H30N4O/c1-5-12-6-8-13(9-7-12)10-17-15-20-19-14(21-15)11-18-16(2,3)4/h12-13,18H,5-11H2,1-4H3,(H,17,20). The van der Waals surface area contributed by atoms with Crippen molar-refractivity contribution in [1.82, 2.24) is 15.5 Å². The Labute approximate surface area is 128 Å². The van der Waals surface area contributed by atoms with Gasteiger partial charge in [0.15, 0.2) is 0 Å². The Balaban J connectivity index is 1.71. The first-order valence-electron chi connectivity index (χ1n) is 8.27.